The number of fused-ring (bicyclic) bond motifs is 3. The van der Waals surface area contributed by atoms with Crippen LogP contribution in [0, 0.1) is 11.3 Å². The average Bonchev–Trinajstić information content (AvgIpc) is 3.35. The maximum absolute atomic E-state index is 8.96. The van der Waals surface area contributed by atoms with E-state index in [0.717, 1.165) is 42.6 Å². The highest BCUT2D eigenvalue weighted by molar-refractivity contribution is 6.00. The Hall–Kier alpha value is -3.17. The zero-order valence-corrected chi connectivity index (χ0v) is 15.0. The first-order valence-electron chi connectivity index (χ1n) is 9.32. The van der Waals surface area contributed by atoms with Crippen molar-refractivity contribution in [2.45, 2.75) is 25.4 Å². The van der Waals surface area contributed by atoms with E-state index in [2.05, 4.69) is 48.7 Å². The maximum Gasteiger partial charge on any atom is 0.139 e. The second kappa shape index (κ2) is 6.53. The Morgan fingerprint density at radius 3 is 2.93 bits per heavy atom. The zero-order valence-electron chi connectivity index (χ0n) is 15.0. The molecule has 3 aromatic heterocycles. The van der Waals surface area contributed by atoms with Crippen LogP contribution in [0.25, 0.3) is 22.1 Å². The molecule has 5 rings (SSSR count). The first-order valence-corrected chi connectivity index (χ1v) is 9.32. The molecule has 0 radical (unpaired) electrons. The van der Waals surface area contributed by atoms with Gasteiger partial charge in [-0.25, -0.2) is 9.97 Å². The first kappa shape index (κ1) is 16.0. The minimum Gasteiger partial charge on any atom is -0.346 e. The topological polar surface area (TPSA) is 73.5 Å². The molecule has 1 unspecified atom stereocenters. The van der Waals surface area contributed by atoms with Crippen molar-refractivity contribution in [1.82, 2.24) is 24.4 Å². The van der Waals surface area contributed by atoms with Crippen LogP contribution >= 0.6 is 0 Å². The quantitative estimate of drug-likeness (QED) is 0.608. The van der Waals surface area contributed by atoms with Gasteiger partial charge in [0.25, 0.3) is 0 Å². The molecular weight excluding hydrogens is 336 g/mol. The molecule has 1 N–H and O–H groups in total. The highest BCUT2D eigenvalue weighted by atomic mass is 15.2. The number of nitriles is 1. The fourth-order valence-corrected chi connectivity index (χ4v) is 4.15. The lowest BCUT2D eigenvalue weighted by Gasteiger charge is -2.33. The summed E-state index contributed by atoms with van der Waals surface area (Å²) in [6.07, 6.45) is 8.08. The van der Waals surface area contributed by atoms with E-state index in [9.17, 15) is 0 Å². The van der Waals surface area contributed by atoms with Crippen molar-refractivity contribution < 1.29 is 0 Å². The molecule has 27 heavy (non-hydrogen) atoms. The first-order chi connectivity index (χ1) is 13.3. The third-order valence-electron chi connectivity index (χ3n) is 5.48. The van der Waals surface area contributed by atoms with Gasteiger partial charge in [0.05, 0.1) is 29.7 Å². The number of hydrogen-bond acceptors (Lipinski definition) is 4. The molecule has 1 aliphatic heterocycles. The Bertz CT molecular complexity index is 1130. The second-order valence-electron chi connectivity index (χ2n) is 7.22. The molecular formula is C21H20N6. The predicted octanol–water partition coefficient (Wildman–Crippen LogP) is 3.62. The van der Waals surface area contributed by atoms with Crippen LogP contribution in [0.5, 0.6) is 0 Å². The standard InChI is InChI=1S/C21H20N6/c22-10-15-3-5-16(6-4-15)12-26-9-1-2-17(13-26)27-14-25-19-11-24-21-18(20(19)27)7-8-23-21/h3-8,11,14,17H,1-2,9,12-13H2,(H,23,24). The third kappa shape index (κ3) is 2.86. The largest absolute Gasteiger partial charge is 0.346 e. The van der Waals surface area contributed by atoms with E-state index in [1.165, 1.54) is 17.5 Å². The molecule has 134 valence electrons. The van der Waals surface area contributed by atoms with Crippen LogP contribution in [0.4, 0.5) is 0 Å². The SMILES string of the molecule is N#Cc1ccc(CN2CCCC(n3cnc4cnc5[nH]ccc5c43)C2)cc1. The van der Waals surface area contributed by atoms with Crippen molar-refractivity contribution in [1.29, 1.82) is 5.26 Å². The summed E-state index contributed by atoms with van der Waals surface area (Å²) in [6.45, 7) is 3.01. The molecule has 0 aliphatic carbocycles. The number of likely N-dealkylation sites (tertiary alicyclic amines) is 1. The van der Waals surface area contributed by atoms with E-state index in [0.29, 0.717) is 11.6 Å². The van der Waals surface area contributed by atoms with Gasteiger partial charge in [0.2, 0.25) is 0 Å². The van der Waals surface area contributed by atoms with Gasteiger partial charge in [0.1, 0.15) is 11.2 Å². The molecule has 1 atom stereocenters. The van der Waals surface area contributed by atoms with Crippen molar-refractivity contribution in [3.05, 3.63) is 60.2 Å². The van der Waals surface area contributed by atoms with Crippen LogP contribution in [-0.4, -0.2) is 37.5 Å². The molecule has 1 aliphatic rings. The summed E-state index contributed by atoms with van der Waals surface area (Å²) >= 11 is 0. The van der Waals surface area contributed by atoms with Gasteiger partial charge in [-0.2, -0.15) is 5.26 Å². The average molecular weight is 356 g/mol. The molecule has 1 aromatic carbocycles. The maximum atomic E-state index is 8.96. The summed E-state index contributed by atoms with van der Waals surface area (Å²) < 4.78 is 2.33. The van der Waals surface area contributed by atoms with Crippen LogP contribution in [0.1, 0.15) is 30.0 Å². The Morgan fingerprint density at radius 1 is 1.19 bits per heavy atom. The number of piperidine rings is 1. The van der Waals surface area contributed by atoms with Gasteiger partial charge in [-0.1, -0.05) is 12.1 Å². The summed E-state index contributed by atoms with van der Waals surface area (Å²) in [7, 11) is 0. The fourth-order valence-electron chi connectivity index (χ4n) is 4.15. The molecule has 6 heteroatoms. The third-order valence-corrected chi connectivity index (χ3v) is 5.48. The fraction of sp³-hybridized carbons (Fsp3) is 0.286. The molecule has 1 fully saturated rings. The number of pyridine rings is 1. The number of nitrogens with zero attached hydrogens (tertiary/aromatic N) is 5. The summed E-state index contributed by atoms with van der Waals surface area (Å²) in [5, 5.41) is 10.1. The van der Waals surface area contributed by atoms with E-state index in [-0.39, 0.29) is 0 Å². The molecule has 1 saturated heterocycles. The molecule has 4 heterocycles. The van der Waals surface area contributed by atoms with Gasteiger partial charge in [-0.05, 0) is 43.1 Å². The molecule has 0 saturated carbocycles. The minimum absolute atomic E-state index is 0.405. The number of rotatable bonds is 3. The van der Waals surface area contributed by atoms with Gasteiger partial charge in [0, 0.05) is 30.7 Å². The van der Waals surface area contributed by atoms with Gasteiger partial charge < -0.3 is 9.55 Å². The smallest absolute Gasteiger partial charge is 0.139 e. The van der Waals surface area contributed by atoms with Crippen LogP contribution in [0.15, 0.2) is 49.1 Å². The molecule has 4 aromatic rings. The lowest BCUT2D eigenvalue weighted by atomic mass is 10.0. The second-order valence-corrected chi connectivity index (χ2v) is 7.22. The van der Waals surface area contributed by atoms with E-state index < -0.39 is 0 Å². The molecule has 0 bridgehead atoms. The number of aromatic amines is 1. The molecule has 0 spiro atoms. The number of imidazole rings is 1. The van der Waals surface area contributed by atoms with Gasteiger partial charge in [-0.3, -0.25) is 4.90 Å². The monoisotopic (exact) mass is 356 g/mol. The van der Waals surface area contributed by atoms with Crippen molar-refractivity contribution >= 4 is 22.1 Å². The van der Waals surface area contributed by atoms with E-state index >= 15 is 0 Å². The van der Waals surface area contributed by atoms with Gasteiger partial charge in [-0.15, -0.1) is 0 Å². The van der Waals surface area contributed by atoms with Crippen molar-refractivity contribution in [2.75, 3.05) is 13.1 Å². The number of aromatic nitrogens is 4. The summed E-state index contributed by atoms with van der Waals surface area (Å²) in [5.74, 6) is 0. The Kier molecular flexibility index (Phi) is 3.88. The number of nitrogens with one attached hydrogen (secondary N) is 1. The van der Waals surface area contributed by atoms with E-state index in [1.54, 1.807) is 0 Å². The van der Waals surface area contributed by atoms with Crippen LogP contribution in [0.3, 0.4) is 0 Å². The van der Waals surface area contributed by atoms with Crippen molar-refractivity contribution in [3.8, 4) is 6.07 Å². The lowest BCUT2D eigenvalue weighted by Crippen LogP contribution is -2.36. The molecule has 6 nitrogen and oxygen atoms in total. The Morgan fingerprint density at radius 2 is 2.07 bits per heavy atom. The van der Waals surface area contributed by atoms with Gasteiger partial charge in [0.15, 0.2) is 0 Å². The normalized spacial score (nSPS) is 18.1. The summed E-state index contributed by atoms with van der Waals surface area (Å²) in [4.78, 5) is 14.7. The highest BCUT2D eigenvalue weighted by Crippen LogP contribution is 2.29. The Balaban J connectivity index is 1.41. The summed E-state index contributed by atoms with van der Waals surface area (Å²) in [5.41, 5.74) is 5.00. The minimum atomic E-state index is 0.405. The summed E-state index contributed by atoms with van der Waals surface area (Å²) in [6, 6.07) is 12.6. The van der Waals surface area contributed by atoms with Crippen LogP contribution < -0.4 is 0 Å². The number of hydrogen-bond donors (Lipinski definition) is 1. The van der Waals surface area contributed by atoms with Crippen molar-refractivity contribution in [2.24, 2.45) is 0 Å². The number of H-pyrrole nitrogens is 1. The van der Waals surface area contributed by atoms with Gasteiger partial charge >= 0.3 is 0 Å². The Labute approximate surface area is 157 Å². The number of benzene rings is 1. The van der Waals surface area contributed by atoms with E-state index in [1.807, 2.05) is 30.9 Å². The van der Waals surface area contributed by atoms with Crippen LogP contribution in [-0.2, 0) is 6.54 Å². The lowest BCUT2D eigenvalue weighted by molar-refractivity contribution is 0.172. The molecule has 0 amide bonds. The predicted molar refractivity (Wildman–Crippen MR) is 104 cm³/mol. The van der Waals surface area contributed by atoms with E-state index in [4.69, 9.17) is 5.26 Å². The zero-order chi connectivity index (χ0) is 18.2. The van der Waals surface area contributed by atoms with Crippen LogP contribution in [0.2, 0.25) is 0 Å². The highest BCUT2D eigenvalue weighted by Gasteiger charge is 2.23. The van der Waals surface area contributed by atoms with Crippen molar-refractivity contribution in [3.63, 3.8) is 0 Å².